The van der Waals surface area contributed by atoms with Crippen molar-refractivity contribution in [2.75, 3.05) is 5.32 Å². The van der Waals surface area contributed by atoms with Gasteiger partial charge >= 0.3 is 0 Å². The molecule has 5 rings (SSSR count). The van der Waals surface area contributed by atoms with Crippen molar-refractivity contribution in [2.24, 2.45) is 0 Å². The average molecular weight is 584 g/mol. The molecule has 1 N–H and O–H groups in total. The van der Waals surface area contributed by atoms with Crippen LogP contribution in [0.1, 0.15) is 43.2 Å². The number of fused-ring (bicyclic) bond motifs is 1. The monoisotopic (exact) mass is 583 g/mol. The molecule has 0 aliphatic rings. The van der Waals surface area contributed by atoms with Gasteiger partial charge in [-0.25, -0.2) is 8.42 Å². The molecule has 10 heteroatoms. The third-order valence-electron chi connectivity index (χ3n) is 6.74. The van der Waals surface area contributed by atoms with Crippen molar-refractivity contribution < 1.29 is 17.9 Å². The number of aromatic nitrogens is 4. The van der Waals surface area contributed by atoms with Gasteiger partial charge in [0.25, 0.3) is 0 Å². The molecule has 0 saturated heterocycles. The molecule has 9 nitrogen and oxygen atoms in total. The molecule has 5 aromatic rings. The normalized spacial score (nSPS) is 11.9. The summed E-state index contributed by atoms with van der Waals surface area (Å²) in [6, 6.07) is 15.7. The number of carbonyl (C=O) groups excluding carboxylic acids is 1. The number of hydrogen-bond acceptors (Lipinski definition) is 7. The Bertz CT molecular complexity index is 1870. The van der Waals surface area contributed by atoms with E-state index in [0.29, 0.717) is 33.7 Å². The van der Waals surface area contributed by atoms with E-state index < -0.39 is 9.84 Å². The van der Waals surface area contributed by atoms with Gasteiger partial charge in [0.2, 0.25) is 5.91 Å². The number of hydrogen-bond donors (Lipinski definition) is 1. The number of nitrogens with one attached hydrogen (secondary N) is 1. The maximum atomic E-state index is 13.2. The first-order valence-electron chi connectivity index (χ1n) is 13.5. The fourth-order valence-electron chi connectivity index (χ4n) is 4.47. The van der Waals surface area contributed by atoms with Gasteiger partial charge in [-0.05, 0) is 87.7 Å². The summed E-state index contributed by atoms with van der Waals surface area (Å²) in [5, 5.41) is 7.80. The van der Waals surface area contributed by atoms with E-state index in [1.165, 1.54) is 0 Å². The van der Waals surface area contributed by atoms with E-state index >= 15 is 0 Å². The van der Waals surface area contributed by atoms with Crippen LogP contribution in [0.4, 0.5) is 5.69 Å². The van der Waals surface area contributed by atoms with Crippen molar-refractivity contribution in [1.82, 2.24) is 19.7 Å². The average Bonchev–Trinajstić information content (AvgIpc) is 3.40. The molecule has 3 heterocycles. The van der Waals surface area contributed by atoms with Gasteiger partial charge in [0.15, 0.2) is 9.84 Å². The zero-order valence-electron chi connectivity index (χ0n) is 24.2. The summed E-state index contributed by atoms with van der Waals surface area (Å²) in [7, 11) is -3.63. The van der Waals surface area contributed by atoms with Gasteiger partial charge in [0, 0.05) is 29.7 Å². The lowest BCUT2D eigenvalue weighted by atomic mass is 10.1. The number of amides is 1. The first kappa shape index (κ1) is 28.9. The van der Waals surface area contributed by atoms with Crippen LogP contribution in [0, 0.1) is 13.8 Å². The van der Waals surface area contributed by atoms with Gasteiger partial charge in [0.1, 0.15) is 11.5 Å². The molecular weight excluding hydrogens is 550 g/mol. The molecule has 0 saturated carbocycles. The minimum atomic E-state index is -3.63. The number of sulfone groups is 1. The van der Waals surface area contributed by atoms with Gasteiger partial charge in [-0.3, -0.25) is 19.4 Å². The zero-order valence-corrected chi connectivity index (χ0v) is 25.1. The molecule has 0 aliphatic heterocycles. The van der Waals surface area contributed by atoms with Gasteiger partial charge in [-0.15, -0.1) is 0 Å². The molecule has 0 bridgehead atoms. The lowest BCUT2D eigenvalue weighted by molar-refractivity contribution is -0.115. The second-order valence-electron chi connectivity index (χ2n) is 11.3. The van der Waals surface area contributed by atoms with Crippen LogP contribution in [0.2, 0.25) is 0 Å². The maximum absolute atomic E-state index is 13.2. The number of anilines is 1. The van der Waals surface area contributed by atoms with Crippen molar-refractivity contribution in [3.63, 3.8) is 0 Å². The minimum absolute atomic E-state index is 0.146. The second-order valence-corrected chi connectivity index (χ2v) is 13.3. The maximum Gasteiger partial charge on any atom is 0.228 e. The predicted molar refractivity (Wildman–Crippen MR) is 162 cm³/mol. The van der Waals surface area contributed by atoms with Gasteiger partial charge in [-0.2, -0.15) is 5.10 Å². The van der Waals surface area contributed by atoms with Crippen molar-refractivity contribution in [3.05, 3.63) is 102 Å². The highest BCUT2D eigenvalue weighted by Crippen LogP contribution is 2.33. The third-order valence-corrected chi connectivity index (χ3v) is 8.42. The summed E-state index contributed by atoms with van der Waals surface area (Å²) in [6.07, 6.45) is 6.86. The van der Waals surface area contributed by atoms with E-state index in [1.54, 1.807) is 55.0 Å². The van der Waals surface area contributed by atoms with Crippen LogP contribution in [-0.2, 0) is 32.3 Å². The first-order valence-corrected chi connectivity index (χ1v) is 15.2. The number of aryl methyl sites for hydroxylation is 2. The largest absolute Gasteiger partial charge is 0.456 e. The van der Waals surface area contributed by atoms with Crippen molar-refractivity contribution in [1.29, 1.82) is 0 Å². The van der Waals surface area contributed by atoms with Crippen LogP contribution in [0.5, 0.6) is 11.5 Å². The van der Waals surface area contributed by atoms with Gasteiger partial charge in [-0.1, -0.05) is 18.2 Å². The van der Waals surface area contributed by atoms with Gasteiger partial charge in [0.05, 0.1) is 40.0 Å². The zero-order chi connectivity index (χ0) is 30.1. The van der Waals surface area contributed by atoms with E-state index in [0.717, 1.165) is 16.8 Å². The molecule has 0 spiro atoms. The molecule has 0 radical (unpaired) electrons. The minimum Gasteiger partial charge on any atom is -0.456 e. The van der Waals surface area contributed by atoms with Crippen LogP contribution < -0.4 is 10.1 Å². The SMILES string of the molecule is Cc1ccc(CS(=O)(=O)c2ccc3nccc(Oc4ccc(CC(=O)Nc5cnn(C(C)(C)C)c5)cc4C)c3c2)cn1. The summed E-state index contributed by atoms with van der Waals surface area (Å²) in [5.74, 6) is 0.775. The molecule has 0 unspecified atom stereocenters. The fraction of sp³-hybridized carbons (Fsp3) is 0.250. The molecule has 3 aromatic heterocycles. The van der Waals surface area contributed by atoms with Crippen molar-refractivity contribution >= 4 is 32.3 Å². The molecule has 0 aliphatic carbocycles. The highest BCUT2D eigenvalue weighted by molar-refractivity contribution is 7.90. The van der Waals surface area contributed by atoms with Crippen LogP contribution in [0.3, 0.4) is 0 Å². The first-order chi connectivity index (χ1) is 19.9. The molecule has 216 valence electrons. The number of benzene rings is 2. The van der Waals surface area contributed by atoms with E-state index in [9.17, 15) is 13.2 Å². The number of rotatable bonds is 8. The number of carbonyl (C=O) groups is 1. The lowest BCUT2D eigenvalue weighted by Crippen LogP contribution is -2.22. The Labute approximate surface area is 245 Å². The van der Waals surface area contributed by atoms with Gasteiger partial charge < -0.3 is 10.1 Å². The molecule has 1 amide bonds. The molecular formula is C32H33N5O4S. The highest BCUT2D eigenvalue weighted by Gasteiger charge is 2.19. The summed E-state index contributed by atoms with van der Waals surface area (Å²) in [6.45, 7) is 9.88. The van der Waals surface area contributed by atoms with E-state index in [4.69, 9.17) is 4.74 Å². The van der Waals surface area contributed by atoms with Crippen LogP contribution in [0.25, 0.3) is 10.9 Å². The third kappa shape index (κ3) is 6.66. The van der Waals surface area contributed by atoms with Crippen molar-refractivity contribution in [2.45, 2.75) is 57.2 Å². The fourth-order valence-corrected chi connectivity index (χ4v) is 5.82. The Morgan fingerprint density at radius 3 is 2.40 bits per heavy atom. The molecule has 42 heavy (non-hydrogen) atoms. The smallest absolute Gasteiger partial charge is 0.228 e. The Hall–Kier alpha value is -4.57. The van der Waals surface area contributed by atoms with Crippen molar-refractivity contribution in [3.8, 4) is 11.5 Å². The molecule has 2 aromatic carbocycles. The predicted octanol–water partition coefficient (Wildman–Crippen LogP) is 6.15. The number of ether oxygens (including phenoxy) is 1. The quantitative estimate of drug-likeness (QED) is 0.233. The molecule has 0 fully saturated rings. The van der Waals surface area contributed by atoms with E-state index in [2.05, 4.69) is 20.4 Å². The van der Waals surface area contributed by atoms with E-state index in [-0.39, 0.29) is 28.5 Å². The second kappa shape index (κ2) is 11.4. The standard InChI is InChI=1S/C32H33N5O4S/c1-21-14-23(15-31(38)36-25-18-35-37(19-25)32(3,4)5)8-11-29(21)41-30-12-13-33-28-10-9-26(16-27(28)30)42(39,40)20-24-7-6-22(2)34-17-24/h6-14,16-19H,15,20H2,1-5H3,(H,36,38). The Kier molecular flexibility index (Phi) is 7.83. The lowest BCUT2D eigenvalue weighted by Gasteiger charge is -2.18. The van der Waals surface area contributed by atoms with E-state index in [1.807, 2.05) is 63.7 Å². The number of nitrogens with zero attached hydrogens (tertiary/aromatic N) is 4. The molecule has 0 atom stereocenters. The summed E-state index contributed by atoms with van der Waals surface area (Å²) in [5.41, 5.74) is 4.20. The topological polar surface area (TPSA) is 116 Å². The Balaban J connectivity index is 1.32. The summed E-state index contributed by atoms with van der Waals surface area (Å²) < 4.78 is 34.5. The highest BCUT2D eigenvalue weighted by atomic mass is 32.2. The number of pyridine rings is 2. The summed E-state index contributed by atoms with van der Waals surface area (Å²) in [4.78, 5) is 21.4. The van der Waals surface area contributed by atoms with Crippen LogP contribution in [0.15, 0.2) is 84.3 Å². The Morgan fingerprint density at radius 1 is 0.929 bits per heavy atom. The van der Waals surface area contributed by atoms with Crippen LogP contribution in [-0.4, -0.2) is 34.1 Å². The summed E-state index contributed by atoms with van der Waals surface area (Å²) >= 11 is 0. The van der Waals surface area contributed by atoms with Crippen LogP contribution >= 0.6 is 0 Å². The Morgan fingerprint density at radius 2 is 1.71 bits per heavy atom.